The first-order valence-corrected chi connectivity index (χ1v) is 5.97. The van der Waals surface area contributed by atoms with Gasteiger partial charge in [0, 0.05) is 18.0 Å². The fourth-order valence-electron chi connectivity index (χ4n) is 1.90. The zero-order chi connectivity index (χ0) is 13.0. The molecule has 0 radical (unpaired) electrons. The molecular weight excluding hydrogens is 229 g/mol. The van der Waals surface area contributed by atoms with Gasteiger partial charge in [-0.3, -0.25) is 9.97 Å². The van der Waals surface area contributed by atoms with Crippen molar-refractivity contribution >= 4 is 0 Å². The Labute approximate surface area is 106 Å². The molecule has 0 bridgehead atoms. The molecule has 0 fully saturated rings. The maximum absolute atomic E-state index is 14.0. The molecule has 1 heterocycles. The van der Waals surface area contributed by atoms with E-state index in [-0.39, 0.29) is 11.9 Å². The van der Waals surface area contributed by atoms with Crippen LogP contribution in [0, 0.1) is 12.7 Å². The Bertz CT molecular complexity index is 514. The second-order valence-corrected chi connectivity index (χ2v) is 4.15. The van der Waals surface area contributed by atoms with Crippen LogP contribution in [-0.4, -0.2) is 16.5 Å². The Morgan fingerprint density at radius 2 is 2.17 bits per heavy atom. The summed E-state index contributed by atoms with van der Waals surface area (Å²) >= 11 is 0. The number of halogens is 1. The van der Waals surface area contributed by atoms with Crippen molar-refractivity contribution in [3.8, 4) is 0 Å². The number of aryl methyl sites for hydroxylation is 1. The van der Waals surface area contributed by atoms with Crippen LogP contribution in [0.15, 0.2) is 36.8 Å². The van der Waals surface area contributed by atoms with E-state index in [2.05, 4.69) is 15.3 Å². The Kier molecular flexibility index (Phi) is 3.99. The molecule has 0 spiro atoms. The molecule has 2 rings (SSSR count). The van der Waals surface area contributed by atoms with E-state index in [0.717, 1.165) is 17.8 Å². The number of aromatic nitrogens is 2. The van der Waals surface area contributed by atoms with Gasteiger partial charge in [-0.1, -0.05) is 19.1 Å². The number of hydrogen-bond acceptors (Lipinski definition) is 3. The first-order valence-electron chi connectivity index (χ1n) is 5.97. The Hall–Kier alpha value is -1.81. The lowest BCUT2D eigenvalue weighted by Crippen LogP contribution is -2.24. The predicted molar refractivity (Wildman–Crippen MR) is 68.7 cm³/mol. The smallest absolute Gasteiger partial charge is 0.128 e. The summed E-state index contributed by atoms with van der Waals surface area (Å²) in [6, 6.07) is 4.98. The number of benzene rings is 1. The molecular formula is C14H16FN3. The van der Waals surface area contributed by atoms with E-state index in [1.54, 1.807) is 24.7 Å². The van der Waals surface area contributed by atoms with Crippen molar-refractivity contribution in [2.45, 2.75) is 19.9 Å². The van der Waals surface area contributed by atoms with E-state index < -0.39 is 0 Å². The van der Waals surface area contributed by atoms with Crippen LogP contribution in [-0.2, 0) is 0 Å². The van der Waals surface area contributed by atoms with Gasteiger partial charge in [0.2, 0.25) is 0 Å². The van der Waals surface area contributed by atoms with Crippen molar-refractivity contribution in [1.82, 2.24) is 15.3 Å². The molecule has 0 aliphatic carbocycles. The maximum atomic E-state index is 14.0. The molecule has 1 N–H and O–H groups in total. The van der Waals surface area contributed by atoms with Crippen LogP contribution in [0.3, 0.4) is 0 Å². The Balaban J connectivity index is 2.41. The van der Waals surface area contributed by atoms with E-state index in [1.807, 2.05) is 19.9 Å². The van der Waals surface area contributed by atoms with Gasteiger partial charge < -0.3 is 5.32 Å². The lowest BCUT2D eigenvalue weighted by atomic mass is 10.0. The van der Waals surface area contributed by atoms with Crippen molar-refractivity contribution in [2.24, 2.45) is 0 Å². The van der Waals surface area contributed by atoms with Gasteiger partial charge in [-0.05, 0) is 25.1 Å². The fraction of sp³-hybridized carbons (Fsp3) is 0.286. The Morgan fingerprint density at radius 1 is 1.33 bits per heavy atom. The Morgan fingerprint density at radius 3 is 2.78 bits per heavy atom. The molecule has 1 atom stereocenters. The van der Waals surface area contributed by atoms with E-state index >= 15 is 0 Å². The molecule has 4 heteroatoms. The van der Waals surface area contributed by atoms with Crippen molar-refractivity contribution in [2.75, 3.05) is 6.54 Å². The molecule has 94 valence electrons. The molecule has 3 nitrogen and oxygen atoms in total. The van der Waals surface area contributed by atoms with E-state index in [1.165, 1.54) is 6.07 Å². The zero-order valence-electron chi connectivity index (χ0n) is 10.5. The third-order valence-electron chi connectivity index (χ3n) is 2.75. The van der Waals surface area contributed by atoms with Crippen LogP contribution in [0.4, 0.5) is 4.39 Å². The average Bonchev–Trinajstić information content (AvgIpc) is 2.38. The van der Waals surface area contributed by atoms with Gasteiger partial charge in [0.05, 0.1) is 17.9 Å². The van der Waals surface area contributed by atoms with Crippen LogP contribution in [0.25, 0.3) is 0 Å². The van der Waals surface area contributed by atoms with Crippen molar-refractivity contribution < 1.29 is 4.39 Å². The van der Waals surface area contributed by atoms with Gasteiger partial charge in [0.15, 0.2) is 0 Å². The van der Waals surface area contributed by atoms with Crippen molar-refractivity contribution in [1.29, 1.82) is 0 Å². The summed E-state index contributed by atoms with van der Waals surface area (Å²) in [5.41, 5.74) is 2.23. The molecule has 18 heavy (non-hydrogen) atoms. The lowest BCUT2D eigenvalue weighted by Gasteiger charge is -2.18. The highest BCUT2D eigenvalue weighted by Crippen LogP contribution is 2.23. The first-order chi connectivity index (χ1) is 8.72. The summed E-state index contributed by atoms with van der Waals surface area (Å²) in [5.74, 6) is -0.216. The summed E-state index contributed by atoms with van der Waals surface area (Å²) in [4.78, 5) is 8.28. The van der Waals surface area contributed by atoms with Crippen molar-refractivity contribution in [3.05, 3.63) is 59.4 Å². The largest absolute Gasteiger partial charge is 0.305 e. The van der Waals surface area contributed by atoms with Crippen LogP contribution in [0.2, 0.25) is 0 Å². The van der Waals surface area contributed by atoms with Gasteiger partial charge in [-0.2, -0.15) is 0 Å². The minimum atomic E-state index is -0.260. The van der Waals surface area contributed by atoms with Crippen LogP contribution in [0.1, 0.15) is 29.8 Å². The number of rotatable bonds is 4. The van der Waals surface area contributed by atoms with Gasteiger partial charge in [-0.15, -0.1) is 0 Å². The third kappa shape index (κ3) is 2.71. The van der Waals surface area contributed by atoms with Crippen molar-refractivity contribution in [3.63, 3.8) is 0 Å². The normalized spacial score (nSPS) is 12.4. The highest BCUT2D eigenvalue weighted by Gasteiger charge is 2.18. The van der Waals surface area contributed by atoms with Gasteiger partial charge in [0.25, 0.3) is 0 Å². The van der Waals surface area contributed by atoms with Crippen LogP contribution < -0.4 is 5.32 Å². The second kappa shape index (κ2) is 5.69. The minimum absolute atomic E-state index is 0.216. The predicted octanol–water partition coefficient (Wildman–Crippen LogP) is 2.62. The molecule has 0 aliphatic rings. The standard InChI is InChI=1S/C14H16FN3/c1-3-17-14(13-9-16-6-7-18-13)11-5-4-10(2)8-12(11)15/h4-9,14,17H,3H2,1-2H3. The van der Waals surface area contributed by atoms with Gasteiger partial charge in [-0.25, -0.2) is 4.39 Å². The molecule has 1 aromatic carbocycles. The average molecular weight is 245 g/mol. The molecule has 0 saturated heterocycles. The molecule has 1 unspecified atom stereocenters. The molecule has 0 saturated carbocycles. The number of nitrogens with zero attached hydrogens (tertiary/aromatic N) is 2. The van der Waals surface area contributed by atoms with E-state index in [0.29, 0.717) is 5.56 Å². The highest BCUT2D eigenvalue weighted by atomic mass is 19.1. The SMILES string of the molecule is CCNC(c1cnccn1)c1ccc(C)cc1F. The lowest BCUT2D eigenvalue weighted by molar-refractivity contribution is 0.550. The monoisotopic (exact) mass is 245 g/mol. The summed E-state index contributed by atoms with van der Waals surface area (Å²) in [6.07, 6.45) is 4.89. The number of nitrogens with one attached hydrogen (secondary N) is 1. The zero-order valence-corrected chi connectivity index (χ0v) is 10.5. The summed E-state index contributed by atoms with van der Waals surface area (Å²) in [5, 5.41) is 3.23. The number of hydrogen-bond donors (Lipinski definition) is 1. The molecule has 0 aliphatic heterocycles. The van der Waals surface area contributed by atoms with Crippen LogP contribution in [0.5, 0.6) is 0 Å². The minimum Gasteiger partial charge on any atom is -0.305 e. The molecule has 2 aromatic rings. The maximum Gasteiger partial charge on any atom is 0.128 e. The second-order valence-electron chi connectivity index (χ2n) is 4.15. The summed E-state index contributed by atoms with van der Waals surface area (Å²) < 4.78 is 14.0. The van der Waals surface area contributed by atoms with Gasteiger partial charge >= 0.3 is 0 Å². The molecule has 0 amide bonds. The van der Waals surface area contributed by atoms with Crippen LogP contribution >= 0.6 is 0 Å². The third-order valence-corrected chi connectivity index (χ3v) is 2.75. The summed E-state index contributed by atoms with van der Waals surface area (Å²) in [6.45, 7) is 4.58. The molecule has 1 aromatic heterocycles. The van der Waals surface area contributed by atoms with Gasteiger partial charge in [0.1, 0.15) is 5.82 Å². The van der Waals surface area contributed by atoms with E-state index in [4.69, 9.17) is 0 Å². The van der Waals surface area contributed by atoms with E-state index in [9.17, 15) is 4.39 Å². The first kappa shape index (κ1) is 12.6. The summed E-state index contributed by atoms with van der Waals surface area (Å²) in [7, 11) is 0. The quantitative estimate of drug-likeness (QED) is 0.899. The highest BCUT2D eigenvalue weighted by molar-refractivity contribution is 5.30. The topological polar surface area (TPSA) is 37.8 Å². The fourth-order valence-corrected chi connectivity index (χ4v) is 1.90.